The lowest BCUT2D eigenvalue weighted by Crippen LogP contribution is -2.44. The average molecular weight is 440 g/mol. The predicted octanol–water partition coefficient (Wildman–Crippen LogP) is 4.45. The molecule has 2 heterocycles. The quantitative estimate of drug-likeness (QED) is 0.585. The highest BCUT2D eigenvalue weighted by Crippen LogP contribution is 2.31. The maximum Gasteiger partial charge on any atom is 0.123 e. The third-order valence-electron chi connectivity index (χ3n) is 5.71. The summed E-state index contributed by atoms with van der Waals surface area (Å²) in [6, 6.07) is 4.21. The topological polar surface area (TPSA) is 67.6 Å². The molecule has 0 aromatic carbocycles. The van der Waals surface area contributed by atoms with E-state index in [2.05, 4.69) is 41.6 Å². The number of pyridine rings is 1. The Hall–Kier alpha value is -2.12. The summed E-state index contributed by atoms with van der Waals surface area (Å²) in [4.78, 5) is 6.63. The number of ether oxygens (including phenoxy) is 3. The molecule has 1 aliphatic carbocycles. The van der Waals surface area contributed by atoms with Crippen LogP contribution in [0.3, 0.4) is 0 Å². The maximum atomic E-state index is 9.59. The second-order valence-electron chi connectivity index (χ2n) is 9.85. The van der Waals surface area contributed by atoms with Crippen LogP contribution in [-0.4, -0.2) is 54.2 Å². The second kappa shape index (κ2) is 10.7. The Labute approximate surface area is 193 Å². The molecule has 0 atom stereocenters. The fraction of sp³-hybridized carbons (Fsp3) is 0.692. The molecule has 0 bridgehead atoms. The molecule has 1 saturated carbocycles. The molecule has 0 radical (unpaired) electrons. The molecule has 0 unspecified atom stereocenters. The Balaban J connectivity index is 1.58. The van der Waals surface area contributed by atoms with E-state index < -0.39 is 5.60 Å². The number of hydrogen-bond acceptors (Lipinski definition) is 6. The molecule has 2 aliphatic rings. The summed E-state index contributed by atoms with van der Waals surface area (Å²) >= 11 is 0. The van der Waals surface area contributed by atoms with Crippen LogP contribution in [0.1, 0.15) is 78.5 Å². The first-order valence-electron chi connectivity index (χ1n) is 11.8. The van der Waals surface area contributed by atoms with Crippen LogP contribution >= 0.6 is 0 Å². The zero-order valence-corrected chi connectivity index (χ0v) is 20.4. The van der Waals surface area contributed by atoms with Crippen molar-refractivity contribution in [3.8, 4) is 17.9 Å². The van der Waals surface area contributed by atoms with Gasteiger partial charge >= 0.3 is 0 Å². The van der Waals surface area contributed by atoms with Crippen LogP contribution in [0.15, 0.2) is 12.3 Å². The number of nitrogens with zero attached hydrogens (tertiary/aromatic N) is 3. The minimum absolute atomic E-state index is 0.0980. The number of rotatable bonds is 7. The second-order valence-corrected chi connectivity index (χ2v) is 9.85. The summed E-state index contributed by atoms with van der Waals surface area (Å²) in [6.45, 7) is 13.8. The smallest absolute Gasteiger partial charge is 0.123 e. The van der Waals surface area contributed by atoms with Gasteiger partial charge in [-0.05, 0) is 79.2 Å². The Bertz CT molecular complexity index is 865. The fourth-order valence-corrected chi connectivity index (χ4v) is 4.32. The molecule has 1 aliphatic heterocycles. The van der Waals surface area contributed by atoms with E-state index in [1.54, 1.807) is 6.20 Å². The van der Waals surface area contributed by atoms with Crippen molar-refractivity contribution in [2.45, 2.75) is 103 Å². The van der Waals surface area contributed by atoms with E-state index in [1.165, 1.54) is 0 Å². The van der Waals surface area contributed by atoms with Gasteiger partial charge in [-0.2, -0.15) is 5.26 Å². The molecule has 32 heavy (non-hydrogen) atoms. The van der Waals surface area contributed by atoms with Crippen LogP contribution in [0, 0.1) is 23.2 Å². The highest BCUT2D eigenvalue weighted by atomic mass is 16.5. The van der Waals surface area contributed by atoms with Crippen molar-refractivity contribution in [1.82, 2.24) is 4.98 Å². The van der Waals surface area contributed by atoms with Gasteiger partial charge in [-0.1, -0.05) is 5.92 Å². The van der Waals surface area contributed by atoms with Crippen molar-refractivity contribution in [3.05, 3.63) is 23.5 Å². The van der Waals surface area contributed by atoms with Crippen LogP contribution in [0.2, 0.25) is 0 Å². The lowest BCUT2D eigenvalue weighted by atomic mass is 9.91. The highest BCUT2D eigenvalue weighted by molar-refractivity contribution is 5.61. The highest BCUT2D eigenvalue weighted by Gasteiger charge is 2.34. The van der Waals surface area contributed by atoms with E-state index in [1.807, 2.05) is 33.8 Å². The molecule has 0 N–H and O–H groups in total. The van der Waals surface area contributed by atoms with Gasteiger partial charge in [-0.3, -0.25) is 0 Å². The van der Waals surface area contributed by atoms with Gasteiger partial charge < -0.3 is 19.1 Å². The van der Waals surface area contributed by atoms with Gasteiger partial charge in [-0.25, -0.2) is 4.98 Å². The minimum Gasteiger partial charge on any atom is -0.375 e. The molecule has 6 nitrogen and oxygen atoms in total. The van der Waals surface area contributed by atoms with Crippen molar-refractivity contribution in [2.24, 2.45) is 0 Å². The van der Waals surface area contributed by atoms with E-state index in [-0.39, 0.29) is 18.3 Å². The molecule has 1 saturated heterocycles. The minimum atomic E-state index is -0.555. The summed E-state index contributed by atoms with van der Waals surface area (Å²) in [6.07, 6.45) is 6.86. The van der Waals surface area contributed by atoms with Crippen LogP contribution < -0.4 is 4.90 Å². The van der Waals surface area contributed by atoms with Crippen LogP contribution in [0.4, 0.5) is 5.69 Å². The summed E-state index contributed by atoms with van der Waals surface area (Å²) < 4.78 is 18.0. The van der Waals surface area contributed by atoms with E-state index in [9.17, 15) is 5.26 Å². The van der Waals surface area contributed by atoms with Gasteiger partial charge in [-0.15, -0.1) is 0 Å². The van der Waals surface area contributed by atoms with Crippen molar-refractivity contribution in [2.75, 3.05) is 18.0 Å². The Morgan fingerprint density at radius 3 is 2.34 bits per heavy atom. The van der Waals surface area contributed by atoms with Gasteiger partial charge in [0.05, 0.1) is 41.8 Å². The Morgan fingerprint density at radius 1 is 1.06 bits per heavy atom. The molecule has 1 aromatic heterocycles. The van der Waals surface area contributed by atoms with E-state index in [0.717, 1.165) is 44.5 Å². The first-order chi connectivity index (χ1) is 15.1. The van der Waals surface area contributed by atoms with Gasteiger partial charge in [0.25, 0.3) is 0 Å². The molecule has 3 rings (SSSR count). The van der Waals surface area contributed by atoms with E-state index in [0.29, 0.717) is 23.5 Å². The largest absolute Gasteiger partial charge is 0.375 e. The first kappa shape index (κ1) is 24.5. The first-order valence-corrected chi connectivity index (χ1v) is 11.8. The number of nitriles is 1. The third kappa shape index (κ3) is 6.94. The van der Waals surface area contributed by atoms with Gasteiger partial charge in [0.15, 0.2) is 0 Å². The third-order valence-corrected chi connectivity index (χ3v) is 5.71. The summed E-state index contributed by atoms with van der Waals surface area (Å²) in [5.41, 5.74) is 1.59. The van der Waals surface area contributed by atoms with Crippen LogP contribution in [0.5, 0.6) is 0 Å². The summed E-state index contributed by atoms with van der Waals surface area (Å²) in [5.74, 6) is 6.29. The molecule has 2 fully saturated rings. The zero-order chi connectivity index (χ0) is 23.3. The Kier molecular flexibility index (Phi) is 8.17. The van der Waals surface area contributed by atoms with E-state index in [4.69, 9.17) is 14.2 Å². The van der Waals surface area contributed by atoms with Crippen molar-refractivity contribution < 1.29 is 14.2 Å². The van der Waals surface area contributed by atoms with Gasteiger partial charge in [0.1, 0.15) is 17.4 Å². The van der Waals surface area contributed by atoms with Crippen molar-refractivity contribution in [1.29, 1.82) is 5.26 Å². The number of aromatic nitrogens is 1. The van der Waals surface area contributed by atoms with Crippen molar-refractivity contribution in [3.63, 3.8) is 0 Å². The lowest BCUT2D eigenvalue weighted by molar-refractivity contribution is -0.141. The number of piperidine rings is 1. The molecule has 0 amide bonds. The SMILES string of the molecule is CC(C)OC1CC(OC2CCN(c3cc(C#CC(C)(C)OC(C)C)ncc3C#N)CC2)C1. The lowest BCUT2D eigenvalue weighted by Gasteiger charge is -2.41. The zero-order valence-electron chi connectivity index (χ0n) is 20.4. The molecule has 174 valence electrons. The monoisotopic (exact) mass is 439 g/mol. The van der Waals surface area contributed by atoms with Crippen LogP contribution in [0.25, 0.3) is 0 Å². The number of anilines is 1. The summed E-state index contributed by atoms with van der Waals surface area (Å²) in [7, 11) is 0. The van der Waals surface area contributed by atoms with Gasteiger partial charge in [0.2, 0.25) is 0 Å². The maximum absolute atomic E-state index is 9.59. The Morgan fingerprint density at radius 2 is 1.75 bits per heavy atom. The van der Waals surface area contributed by atoms with Crippen molar-refractivity contribution >= 4 is 5.69 Å². The molecular formula is C26H37N3O3. The molecule has 1 aromatic rings. The summed E-state index contributed by atoms with van der Waals surface area (Å²) in [5, 5.41) is 9.59. The van der Waals surface area contributed by atoms with E-state index >= 15 is 0 Å². The molecular weight excluding hydrogens is 402 g/mol. The predicted molar refractivity (Wildman–Crippen MR) is 125 cm³/mol. The number of hydrogen-bond donors (Lipinski definition) is 0. The average Bonchev–Trinajstić information content (AvgIpc) is 2.70. The van der Waals surface area contributed by atoms with Gasteiger partial charge in [0, 0.05) is 19.3 Å². The van der Waals surface area contributed by atoms with Crippen LogP contribution in [-0.2, 0) is 14.2 Å². The molecule has 6 heteroatoms. The molecule has 0 spiro atoms. The normalized spacial score (nSPS) is 21.8. The fourth-order valence-electron chi connectivity index (χ4n) is 4.32. The standard InChI is InChI=1S/C26H37N3O3/c1-18(2)30-23-14-24(15-23)31-22-8-11-29(12-9-22)25-13-21(28-17-20(25)16-27)7-10-26(5,6)32-19(3)4/h13,17-19,22-24H,8-9,11-12,14-15H2,1-6H3.